The summed E-state index contributed by atoms with van der Waals surface area (Å²) in [5, 5.41) is 9.33. The number of rotatable bonds is 6. The summed E-state index contributed by atoms with van der Waals surface area (Å²) in [6.45, 7) is 1.79. The Morgan fingerprint density at radius 2 is 1.50 bits per heavy atom. The molecule has 8 nitrogen and oxygen atoms in total. The number of carboxylic acids is 1. The zero-order valence-electron chi connectivity index (χ0n) is 17.6. The van der Waals surface area contributed by atoms with Gasteiger partial charge in [0.25, 0.3) is 10.0 Å². The molecule has 0 unspecified atom stereocenters. The van der Waals surface area contributed by atoms with Gasteiger partial charge in [-0.2, -0.15) is 13.8 Å². The van der Waals surface area contributed by atoms with Crippen molar-refractivity contribution in [2.75, 3.05) is 4.31 Å². The summed E-state index contributed by atoms with van der Waals surface area (Å²) in [4.78, 5) is 22.7. The van der Waals surface area contributed by atoms with Crippen molar-refractivity contribution in [3.8, 4) is 11.3 Å². The fourth-order valence-electron chi connectivity index (χ4n) is 3.12. The zero-order valence-corrected chi connectivity index (χ0v) is 18.4. The average Bonchev–Trinajstić information content (AvgIpc) is 2.80. The molecule has 0 atom stereocenters. The van der Waals surface area contributed by atoms with E-state index in [1.54, 1.807) is 19.1 Å². The largest absolute Gasteiger partial charge is 0.477 e. The van der Waals surface area contributed by atoms with E-state index in [-0.39, 0.29) is 33.5 Å². The number of aromatic nitrogens is 3. The number of benzene rings is 1. The second-order valence-electron chi connectivity index (χ2n) is 7.12. The monoisotopic (exact) mass is 482 g/mol. The first-order valence-electron chi connectivity index (χ1n) is 9.78. The number of hydrogen-bond donors (Lipinski definition) is 1. The molecule has 0 spiro atoms. The molecule has 1 N–H and O–H groups in total. The molecule has 0 saturated heterocycles. The molecule has 0 fully saturated rings. The maximum absolute atomic E-state index is 14.3. The SMILES string of the molecule is Cc1ccc(S(=O)(=O)N(c2cccc(C(=O)O)n2)c2cccc(-c3ccc(F)nc3F)n2)cc1. The summed E-state index contributed by atoms with van der Waals surface area (Å²) in [6.07, 6.45) is 0. The number of aromatic carboxylic acids is 1. The number of sulfonamides is 1. The third kappa shape index (κ3) is 4.46. The topological polar surface area (TPSA) is 113 Å². The van der Waals surface area contributed by atoms with E-state index in [0.29, 0.717) is 0 Å². The van der Waals surface area contributed by atoms with Crippen LogP contribution in [0.25, 0.3) is 11.3 Å². The summed E-state index contributed by atoms with van der Waals surface area (Å²) in [5.74, 6) is -3.91. The lowest BCUT2D eigenvalue weighted by Crippen LogP contribution is -2.28. The molecule has 34 heavy (non-hydrogen) atoms. The average molecular weight is 482 g/mol. The highest BCUT2D eigenvalue weighted by Gasteiger charge is 2.30. The highest BCUT2D eigenvalue weighted by Crippen LogP contribution is 2.32. The van der Waals surface area contributed by atoms with Crippen LogP contribution in [0, 0.1) is 18.8 Å². The molecular weight excluding hydrogens is 466 g/mol. The molecule has 11 heteroatoms. The van der Waals surface area contributed by atoms with Crippen LogP contribution in [0.3, 0.4) is 0 Å². The van der Waals surface area contributed by atoms with Gasteiger partial charge in [0.05, 0.1) is 16.2 Å². The molecule has 4 aromatic rings. The number of carbonyl (C=O) groups is 1. The Morgan fingerprint density at radius 3 is 2.15 bits per heavy atom. The predicted octanol–water partition coefficient (Wildman–Crippen LogP) is 4.35. The van der Waals surface area contributed by atoms with Gasteiger partial charge in [0.15, 0.2) is 5.69 Å². The first-order valence-corrected chi connectivity index (χ1v) is 11.2. The van der Waals surface area contributed by atoms with Gasteiger partial charge in [-0.3, -0.25) is 0 Å². The normalized spacial score (nSPS) is 11.3. The smallest absolute Gasteiger partial charge is 0.354 e. The first-order chi connectivity index (χ1) is 16.2. The number of carboxylic acid groups (broad SMARTS) is 1. The maximum Gasteiger partial charge on any atom is 0.354 e. The second-order valence-corrected chi connectivity index (χ2v) is 8.91. The molecular formula is C23H16F2N4O4S. The number of pyridine rings is 3. The second kappa shape index (κ2) is 8.94. The third-order valence-corrected chi connectivity index (χ3v) is 6.48. The molecule has 0 aliphatic heterocycles. The van der Waals surface area contributed by atoms with Crippen molar-refractivity contribution in [2.45, 2.75) is 11.8 Å². The fourth-order valence-corrected chi connectivity index (χ4v) is 4.51. The van der Waals surface area contributed by atoms with Gasteiger partial charge in [0.1, 0.15) is 11.6 Å². The van der Waals surface area contributed by atoms with Crippen LogP contribution < -0.4 is 4.31 Å². The molecule has 3 aromatic heterocycles. The number of hydrogen-bond acceptors (Lipinski definition) is 6. The zero-order chi connectivity index (χ0) is 24.5. The van der Waals surface area contributed by atoms with E-state index in [2.05, 4.69) is 15.0 Å². The van der Waals surface area contributed by atoms with Crippen molar-refractivity contribution in [3.05, 3.63) is 95.9 Å². The van der Waals surface area contributed by atoms with Gasteiger partial charge < -0.3 is 5.11 Å². The number of aryl methyl sites for hydroxylation is 1. The quantitative estimate of drug-likeness (QED) is 0.407. The summed E-state index contributed by atoms with van der Waals surface area (Å²) < 4.78 is 55.6. The molecule has 0 aliphatic carbocycles. The Kier molecular flexibility index (Phi) is 6.03. The van der Waals surface area contributed by atoms with Gasteiger partial charge in [-0.05, 0) is 55.5 Å². The van der Waals surface area contributed by atoms with Crippen LogP contribution in [-0.4, -0.2) is 34.4 Å². The van der Waals surface area contributed by atoms with Crippen molar-refractivity contribution in [3.63, 3.8) is 0 Å². The number of halogens is 2. The minimum Gasteiger partial charge on any atom is -0.477 e. The molecule has 4 rings (SSSR count). The van der Waals surface area contributed by atoms with Crippen LogP contribution in [0.1, 0.15) is 16.1 Å². The maximum atomic E-state index is 14.3. The number of anilines is 2. The van der Waals surface area contributed by atoms with Crippen LogP contribution in [0.15, 0.2) is 77.7 Å². The standard InChI is InChI=1S/C23H16F2N4O4S/c1-14-8-10-15(11-9-14)34(32,33)29(21-7-3-5-18(27-21)23(30)31)20-6-2-4-17(26-20)16-12-13-19(24)28-22(16)25/h2-13H,1H3,(H,30,31). The van der Waals surface area contributed by atoms with Crippen molar-refractivity contribution in [2.24, 2.45) is 0 Å². The van der Waals surface area contributed by atoms with E-state index in [4.69, 9.17) is 0 Å². The fraction of sp³-hybridized carbons (Fsp3) is 0.0435. The summed E-state index contributed by atoms with van der Waals surface area (Å²) >= 11 is 0. The van der Waals surface area contributed by atoms with Gasteiger partial charge in [0.2, 0.25) is 11.9 Å². The molecule has 1 aromatic carbocycles. The van der Waals surface area contributed by atoms with E-state index in [1.165, 1.54) is 48.5 Å². The van der Waals surface area contributed by atoms with E-state index >= 15 is 0 Å². The summed E-state index contributed by atoms with van der Waals surface area (Å²) in [5.41, 5.74) is 0.284. The molecule has 0 amide bonds. The highest BCUT2D eigenvalue weighted by molar-refractivity contribution is 7.93. The molecule has 0 radical (unpaired) electrons. The Labute approximate surface area is 193 Å². The molecule has 3 heterocycles. The van der Waals surface area contributed by atoms with E-state index < -0.39 is 27.9 Å². The van der Waals surface area contributed by atoms with Crippen LogP contribution >= 0.6 is 0 Å². The van der Waals surface area contributed by atoms with Gasteiger partial charge in [-0.1, -0.05) is 29.8 Å². The molecule has 172 valence electrons. The number of nitrogens with zero attached hydrogens (tertiary/aromatic N) is 4. The van der Waals surface area contributed by atoms with E-state index in [0.717, 1.165) is 22.0 Å². The Morgan fingerprint density at radius 1 is 0.853 bits per heavy atom. The van der Waals surface area contributed by atoms with Gasteiger partial charge in [0, 0.05) is 0 Å². The van der Waals surface area contributed by atoms with E-state index in [9.17, 15) is 27.1 Å². The van der Waals surface area contributed by atoms with E-state index in [1.807, 2.05) is 0 Å². The van der Waals surface area contributed by atoms with Crippen molar-refractivity contribution in [1.82, 2.24) is 15.0 Å². The Hall–Kier alpha value is -4.25. The van der Waals surface area contributed by atoms with Gasteiger partial charge in [-0.15, -0.1) is 0 Å². The summed E-state index contributed by atoms with van der Waals surface area (Å²) in [7, 11) is -4.34. The highest BCUT2D eigenvalue weighted by atomic mass is 32.2. The van der Waals surface area contributed by atoms with Crippen LogP contribution in [0.2, 0.25) is 0 Å². The first kappa shape index (κ1) is 22.9. The molecule has 0 saturated carbocycles. The van der Waals surface area contributed by atoms with Crippen molar-refractivity contribution < 1.29 is 27.1 Å². The minimum atomic E-state index is -4.34. The van der Waals surface area contributed by atoms with Crippen LogP contribution in [0.4, 0.5) is 20.4 Å². The molecule has 0 bridgehead atoms. The summed E-state index contributed by atoms with van der Waals surface area (Å²) in [6, 6.07) is 16.1. The van der Waals surface area contributed by atoms with Crippen LogP contribution in [-0.2, 0) is 10.0 Å². The predicted molar refractivity (Wildman–Crippen MR) is 119 cm³/mol. The van der Waals surface area contributed by atoms with Crippen molar-refractivity contribution in [1.29, 1.82) is 0 Å². The van der Waals surface area contributed by atoms with Gasteiger partial charge in [-0.25, -0.2) is 27.5 Å². The Bertz CT molecular complexity index is 1500. The lowest BCUT2D eigenvalue weighted by Gasteiger charge is -2.23. The Balaban J connectivity index is 1.93. The van der Waals surface area contributed by atoms with Gasteiger partial charge >= 0.3 is 5.97 Å². The van der Waals surface area contributed by atoms with Crippen LogP contribution in [0.5, 0.6) is 0 Å². The lowest BCUT2D eigenvalue weighted by molar-refractivity contribution is 0.0690. The van der Waals surface area contributed by atoms with Crippen molar-refractivity contribution >= 4 is 27.6 Å². The third-order valence-electron chi connectivity index (χ3n) is 4.75. The molecule has 0 aliphatic rings. The minimum absolute atomic E-state index is 0.0130. The lowest BCUT2D eigenvalue weighted by atomic mass is 10.2.